The van der Waals surface area contributed by atoms with Gasteiger partial charge in [-0.1, -0.05) is 71.1 Å². The highest BCUT2D eigenvalue weighted by atomic mass is 31.2. The molecule has 0 fully saturated rings. The molecule has 0 saturated heterocycles. The van der Waals surface area contributed by atoms with E-state index in [1.807, 2.05) is 0 Å². The molecule has 0 unspecified atom stereocenters. The van der Waals surface area contributed by atoms with Gasteiger partial charge in [-0.3, -0.25) is 0 Å². The van der Waals surface area contributed by atoms with Crippen LogP contribution in [0.2, 0.25) is 0 Å². The summed E-state index contributed by atoms with van der Waals surface area (Å²) >= 11 is 0. The summed E-state index contributed by atoms with van der Waals surface area (Å²) in [5.74, 6) is 0. The lowest BCUT2D eigenvalue weighted by atomic mass is 10.1. The quantitative estimate of drug-likeness (QED) is 0.345. The van der Waals surface area contributed by atoms with Crippen LogP contribution in [0.3, 0.4) is 0 Å². The van der Waals surface area contributed by atoms with Crippen LogP contribution >= 0.6 is 7.82 Å². The van der Waals surface area contributed by atoms with Crippen molar-refractivity contribution in [2.24, 2.45) is 0 Å². The summed E-state index contributed by atoms with van der Waals surface area (Å²) in [5.41, 5.74) is 0. The fourth-order valence-electron chi connectivity index (χ4n) is 2.01. The topological polar surface area (TPSA) is 87.0 Å². The number of rotatable bonds is 13. The van der Waals surface area contributed by atoms with Gasteiger partial charge in [0.25, 0.3) is 0 Å². The molecular weight excluding hydrogens is 291 g/mol. The van der Waals surface area contributed by atoms with Crippen molar-refractivity contribution in [1.29, 1.82) is 0 Å². The number of unbranched alkanes of at least 4 members (excludes halogenated alkanes) is 10. The molecule has 6 heteroatoms. The first-order chi connectivity index (χ1) is 9.91. The highest BCUT2D eigenvalue weighted by molar-refractivity contribution is 7.45. The van der Waals surface area contributed by atoms with Crippen LogP contribution in [0.5, 0.6) is 0 Å². The van der Waals surface area contributed by atoms with Gasteiger partial charge in [0.1, 0.15) is 0 Å². The first-order valence-corrected chi connectivity index (χ1v) is 9.84. The van der Waals surface area contributed by atoms with Crippen LogP contribution in [-0.2, 0) is 9.30 Å². The largest absolute Gasteiger partial charge is 0.466 e. The Bertz CT molecular complexity index is 208. The third-order valence-corrected chi connectivity index (χ3v) is 3.10. The molecule has 0 amide bonds. The van der Waals surface area contributed by atoms with Crippen LogP contribution in [0, 0.1) is 0 Å². The molecule has 0 aliphatic rings. The van der Waals surface area contributed by atoms with Crippen LogP contribution in [0.15, 0.2) is 0 Å². The Morgan fingerprint density at radius 3 is 1.38 bits per heavy atom. The second-order valence-electron chi connectivity index (χ2n) is 5.25. The highest BCUT2D eigenvalue weighted by Gasteiger charge is 2.00. The smallest absolute Gasteiger partial charge is 0.382 e. The fourth-order valence-corrected chi connectivity index (χ4v) is 2.01. The number of hydrogen-bond donors (Lipinski definition) is 3. The molecule has 5 nitrogen and oxygen atoms in total. The van der Waals surface area contributed by atoms with Crippen molar-refractivity contribution in [3.8, 4) is 0 Å². The normalized spacial score (nSPS) is 11.1. The third-order valence-electron chi connectivity index (χ3n) is 3.10. The Morgan fingerprint density at radius 1 is 0.714 bits per heavy atom. The monoisotopic (exact) mass is 326 g/mol. The molecule has 0 heterocycles. The van der Waals surface area contributed by atoms with Crippen molar-refractivity contribution in [2.75, 3.05) is 13.2 Å². The molecule has 0 atom stereocenters. The Hall–Kier alpha value is 0.0700. The highest BCUT2D eigenvalue weighted by Crippen LogP contribution is 2.25. The molecule has 0 saturated carbocycles. The summed E-state index contributed by atoms with van der Waals surface area (Å²) < 4.78 is 14.2. The molecule has 0 aromatic rings. The molecule has 0 rings (SSSR count). The third kappa shape index (κ3) is 38.4. The molecule has 130 valence electrons. The van der Waals surface area contributed by atoms with E-state index in [2.05, 4.69) is 13.8 Å². The van der Waals surface area contributed by atoms with Gasteiger partial charge in [-0.15, -0.1) is 0 Å². The average molecular weight is 326 g/mol. The van der Waals surface area contributed by atoms with E-state index >= 15 is 0 Å². The molecule has 0 aliphatic carbocycles. The summed E-state index contributed by atoms with van der Waals surface area (Å²) in [6, 6.07) is 0. The van der Waals surface area contributed by atoms with Gasteiger partial charge in [-0.25, -0.2) is 4.57 Å². The van der Waals surface area contributed by atoms with Crippen molar-refractivity contribution < 1.29 is 24.0 Å². The number of ether oxygens (including phenoxy) is 1. The van der Waals surface area contributed by atoms with Crippen molar-refractivity contribution in [3.63, 3.8) is 0 Å². The zero-order valence-corrected chi connectivity index (χ0v) is 14.7. The Labute approximate surface area is 130 Å². The molecular formula is C15H35O5P. The van der Waals surface area contributed by atoms with E-state index in [4.69, 9.17) is 24.0 Å². The number of hydrogen-bond acceptors (Lipinski definition) is 2. The molecule has 0 radical (unpaired) electrons. The van der Waals surface area contributed by atoms with Crippen LogP contribution in [0.25, 0.3) is 0 Å². The summed E-state index contributed by atoms with van der Waals surface area (Å²) in [7, 11) is -4.64. The minimum atomic E-state index is -4.64. The maximum Gasteiger partial charge on any atom is 0.466 e. The molecule has 0 aromatic heterocycles. The van der Waals surface area contributed by atoms with Crippen molar-refractivity contribution in [1.82, 2.24) is 0 Å². The van der Waals surface area contributed by atoms with E-state index in [9.17, 15) is 0 Å². The maximum atomic E-state index is 8.88. The lowest BCUT2D eigenvalue weighted by molar-refractivity contribution is 0.143. The van der Waals surface area contributed by atoms with Crippen molar-refractivity contribution in [2.45, 2.75) is 84.5 Å². The molecule has 0 spiro atoms. The van der Waals surface area contributed by atoms with E-state index in [-0.39, 0.29) is 0 Å². The Balaban J connectivity index is 0. The summed E-state index contributed by atoms with van der Waals surface area (Å²) in [4.78, 5) is 21.6. The van der Waals surface area contributed by atoms with Gasteiger partial charge in [-0.05, 0) is 13.3 Å². The van der Waals surface area contributed by atoms with Crippen LogP contribution < -0.4 is 0 Å². The van der Waals surface area contributed by atoms with E-state index < -0.39 is 7.82 Å². The second-order valence-corrected chi connectivity index (χ2v) is 6.27. The SMILES string of the molecule is CCCCCCCCCCCCCOCC.O=P(O)(O)O. The van der Waals surface area contributed by atoms with Gasteiger partial charge in [0.05, 0.1) is 0 Å². The van der Waals surface area contributed by atoms with Gasteiger partial charge >= 0.3 is 7.82 Å². The summed E-state index contributed by atoms with van der Waals surface area (Å²) in [6.07, 6.45) is 15.5. The zero-order valence-electron chi connectivity index (χ0n) is 13.8. The van der Waals surface area contributed by atoms with Crippen LogP contribution in [0.1, 0.15) is 84.5 Å². The maximum absolute atomic E-state index is 8.88. The van der Waals surface area contributed by atoms with Crippen LogP contribution in [-0.4, -0.2) is 27.9 Å². The van der Waals surface area contributed by atoms with Gasteiger partial charge in [0, 0.05) is 13.2 Å². The summed E-state index contributed by atoms with van der Waals surface area (Å²) in [6.45, 7) is 6.19. The molecule has 21 heavy (non-hydrogen) atoms. The number of phosphoric acid groups is 1. The van der Waals surface area contributed by atoms with Gasteiger partial charge < -0.3 is 19.4 Å². The lowest BCUT2D eigenvalue weighted by Crippen LogP contribution is -1.92. The predicted octanol–water partition coefficient (Wildman–Crippen LogP) is 4.41. The molecule has 0 bridgehead atoms. The van der Waals surface area contributed by atoms with Gasteiger partial charge in [0.15, 0.2) is 0 Å². The van der Waals surface area contributed by atoms with E-state index in [1.165, 1.54) is 70.6 Å². The first kappa shape index (κ1) is 23.3. The molecule has 0 aromatic carbocycles. The molecule has 3 N–H and O–H groups in total. The van der Waals surface area contributed by atoms with Gasteiger partial charge in [-0.2, -0.15) is 0 Å². The van der Waals surface area contributed by atoms with Crippen LogP contribution in [0.4, 0.5) is 0 Å². The Kier molecular flexibility index (Phi) is 20.1. The predicted molar refractivity (Wildman–Crippen MR) is 87.2 cm³/mol. The first-order valence-electron chi connectivity index (χ1n) is 8.27. The van der Waals surface area contributed by atoms with E-state index in [0.717, 1.165) is 13.2 Å². The van der Waals surface area contributed by atoms with Crippen molar-refractivity contribution >= 4 is 7.82 Å². The van der Waals surface area contributed by atoms with E-state index in [1.54, 1.807) is 0 Å². The minimum absolute atomic E-state index is 0.873. The lowest BCUT2D eigenvalue weighted by Gasteiger charge is -2.02. The zero-order chi connectivity index (χ0) is 16.4. The Morgan fingerprint density at radius 2 is 1.05 bits per heavy atom. The van der Waals surface area contributed by atoms with E-state index in [0.29, 0.717) is 0 Å². The minimum Gasteiger partial charge on any atom is -0.382 e. The summed E-state index contributed by atoms with van der Waals surface area (Å²) in [5, 5.41) is 0. The van der Waals surface area contributed by atoms with Crippen molar-refractivity contribution in [3.05, 3.63) is 0 Å². The standard InChI is InChI=1S/C15H32O.H3O4P/c1-3-5-6-7-8-9-10-11-12-13-14-15-16-4-2;1-5(2,3)4/h3-15H2,1-2H3;(H3,1,2,3,4). The average Bonchev–Trinajstić information content (AvgIpc) is 2.38. The fraction of sp³-hybridized carbons (Fsp3) is 1.00. The van der Waals surface area contributed by atoms with Gasteiger partial charge in [0.2, 0.25) is 0 Å². The molecule has 0 aliphatic heterocycles. The second kappa shape index (κ2) is 18.1.